The number of hydrogen-bond donors (Lipinski definition) is 0. The molecule has 0 aliphatic heterocycles. The lowest BCUT2D eigenvalue weighted by molar-refractivity contribution is 0.112. The van der Waals surface area contributed by atoms with Gasteiger partial charge in [-0.2, -0.15) is 0 Å². The maximum absolute atomic E-state index is 11.2. The van der Waals surface area contributed by atoms with Crippen LogP contribution in [0, 0.1) is 0 Å². The standard InChI is InChI=1S/C16H9BrClNO/c17-11-5-6-15-14(7-11)13(8-16(18)19-15)12-4-2-1-3-10(12)9-20/h1-9H. The number of hydrogen-bond acceptors (Lipinski definition) is 2. The number of fused-ring (bicyclic) bond motifs is 1. The Bertz CT molecular complexity index is 817. The number of carbonyl (C=O) groups is 1. The van der Waals surface area contributed by atoms with Crippen molar-refractivity contribution < 1.29 is 4.79 Å². The lowest BCUT2D eigenvalue weighted by Gasteiger charge is -2.10. The Morgan fingerprint density at radius 3 is 2.65 bits per heavy atom. The summed E-state index contributed by atoms with van der Waals surface area (Å²) in [4.78, 5) is 15.5. The summed E-state index contributed by atoms with van der Waals surface area (Å²) in [6.07, 6.45) is 0.855. The summed E-state index contributed by atoms with van der Waals surface area (Å²) in [5.74, 6) is 0. The van der Waals surface area contributed by atoms with Gasteiger partial charge in [-0.3, -0.25) is 4.79 Å². The molecule has 0 radical (unpaired) electrons. The number of aromatic nitrogens is 1. The lowest BCUT2D eigenvalue weighted by Crippen LogP contribution is -1.90. The molecular formula is C16H9BrClNO. The summed E-state index contributed by atoms with van der Waals surface area (Å²) in [6, 6.07) is 15.0. The normalized spacial score (nSPS) is 10.7. The van der Waals surface area contributed by atoms with E-state index in [2.05, 4.69) is 20.9 Å². The monoisotopic (exact) mass is 345 g/mol. The highest BCUT2D eigenvalue weighted by molar-refractivity contribution is 9.10. The van der Waals surface area contributed by atoms with Crippen molar-refractivity contribution >= 4 is 44.7 Å². The second-order valence-electron chi connectivity index (χ2n) is 4.36. The Labute approximate surface area is 129 Å². The topological polar surface area (TPSA) is 30.0 Å². The van der Waals surface area contributed by atoms with Gasteiger partial charge in [-0.25, -0.2) is 4.98 Å². The third kappa shape index (κ3) is 2.35. The molecule has 0 saturated carbocycles. The van der Waals surface area contributed by atoms with Crippen LogP contribution >= 0.6 is 27.5 Å². The van der Waals surface area contributed by atoms with E-state index in [0.717, 1.165) is 32.8 Å². The van der Waals surface area contributed by atoms with E-state index in [9.17, 15) is 4.79 Å². The van der Waals surface area contributed by atoms with E-state index >= 15 is 0 Å². The van der Waals surface area contributed by atoms with Gasteiger partial charge in [-0.1, -0.05) is 51.8 Å². The van der Waals surface area contributed by atoms with Crippen LogP contribution in [0.1, 0.15) is 10.4 Å². The van der Waals surface area contributed by atoms with Gasteiger partial charge in [0.25, 0.3) is 0 Å². The predicted octanol–water partition coefficient (Wildman–Crippen LogP) is 5.13. The third-order valence-electron chi connectivity index (χ3n) is 3.12. The van der Waals surface area contributed by atoms with Crippen molar-refractivity contribution in [3.63, 3.8) is 0 Å². The molecule has 0 aliphatic rings. The van der Waals surface area contributed by atoms with Gasteiger partial charge >= 0.3 is 0 Å². The molecule has 20 heavy (non-hydrogen) atoms. The zero-order valence-corrected chi connectivity index (χ0v) is 12.6. The van der Waals surface area contributed by atoms with Crippen molar-refractivity contribution in [3.8, 4) is 11.1 Å². The van der Waals surface area contributed by atoms with E-state index in [0.29, 0.717) is 10.7 Å². The second kappa shape index (κ2) is 5.35. The van der Waals surface area contributed by atoms with Gasteiger partial charge in [0.15, 0.2) is 6.29 Å². The Kier molecular flexibility index (Phi) is 3.55. The highest BCUT2D eigenvalue weighted by atomic mass is 79.9. The van der Waals surface area contributed by atoms with Crippen molar-refractivity contribution in [3.05, 3.63) is 63.7 Å². The molecule has 98 valence electrons. The molecule has 0 saturated heterocycles. The Hall–Kier alpha value is -1.71. The number of halogens is 2. The van der Waals surface area contributed by atoms with Crippen LogP contribution in [0.15, 0.2) is 53.0 Å². The van der Waals surface area contributed by atoms with E-state index in [1.165, 1.54) is 0 Å². The first kappa shape index (κ1) is 13.3. The number of carbonyl (C=O) groups excluding carboxylic acids is 1. The van der Waals surface area contributed by atoms with E-state index in [1.807, 2.05) is 36.4 Å². The average Bonchev–Trinajstić information content (AvgIpc) is 2.47. The summed E-state index contributed by atoms with van der Waals surface area (Å²) in [6.45, 7) is 0. The van der Waals surface area contributed by atoms with Crippen molar-refractivity contribution in [1.29, 1.82) is 0 Å². The molecule has 1 aromatic heterocycles. The third-order valence-corrected chi connectivity index (χ3v) is 3.80. The molecule has 4 heteroatoms. The van der Waals surface area contributed by atoms with E-state index in [4.69, 9.17) is 11.6 Å². The molecule has 3 rings (SSSR count). The number of aldehydes is 1. The highest BCUT2D eigenvalue weighted by Gasteiger charge is 2.10. The van der Waals surface area contributed by atoms with Crippen LogP contribution in [-0.4, -0.2) is 11.3 Å². The van der Waals surface area contributed by atoms with Crippen LogP contribution in [0.2, 0.25) is 5.15 Å². The van der Waals surface area contributed by atoms with Crippen LogP contribution < -0.4 is 0 Å². The number of benzene rings is 2. The molecule has 0 aliphatic carbocycles. The van der Waals surface area contributed by atoms with Gasteiger partial charge in [0, 0.05) is 15.4 Å². The van der Waals surface area contributed by atoms with Crippen LogP contribution in [0.4, 0.5) is 0 Å². The van der Waals surface area contributed by atoms with E-state index in [-0.39, 0.29) is 0 Å². The largest absolute Gasteiger partial charge is 0.298 e. The average molecular weight is 347 g/mol. The zero-order valence-electron chi connectivity index (χ0n) is 10.3. The SMILES string of the molecule is O=Cc1ccccc1-c1cc(Cl)nc2ccc(Br)cc12. The molecule has 0 spiro atoms. The predicted molar refractivity (Wildman–Crippen MR) is 85.3 cm³/mol. The quantitative estimate of drug-likeness (QED) is 0.475. The molecule has 2 aromatic carbocycles. The maximum Gasteiger partial charge on any atom is 0.150 e. The fourth-order valence-corrected chi connectivity index (χ4v) is 2.79. The molecule has 3 aromatic rings. The van der Waals surface area contributed by atoms with Crippen molar-refractivity contribution in [2.45, 2.75) is 0 Å². The summed E-state index contributed by atoms with van der Waals surface area (Å²) >= 11 is 9.56. The minimum absolute atomic E-state index is 0.413. The van der Waals surface area contributed by atoms with Gasteiger partial charge in [-0.05, 0) is 35.4 Å². The van der Waals surface area contributed by atoms with Gasteiger partial charge in [-0.15, -0.1) is 0 Å². The number of rotatable bonds is 2. The summed E-state index contributed by atoms with van der Waals surface area (Å²) in [7, 11) is 0. The molecule has 0 bridgehead atoms. The molecule has 0 amide bonds. The minimum Gasteiger partial charge on any atom is -0.298 e. The minimum atomic E-state index is 0.413. The maximum atomic E-state index is 11.2. The van der Waals surface area contributed by atoms with Crippen LogP contribution in [0.3, 0.4) is 0 Å². The van der Waals surface area contributed by atoms with Gasteiger partial charge in [0.2, 0.25) is 0 Å². The fraction of sp³-hybridized carbons (Fsp3) is 0. The first-order valence-electron chi connectivity index (χ1n) is 5.99. The van der Waals surface area contributed by atoms with E-state index in [1.54, 1.807) is 12.1 Å². The lowest BCUT2D eigenvalue weighted by atomic mass is 9.97. The molecule has 2 nitrogen and oxygen atoms in total. The van der Waals surface area contributed by atoms with Gasteiger partial charge in [0.05, 0.1) is 5.52 Å². The van der Waals surface area contributed by atoms with Crippen molar-refractivity contribution in [1.82, 2.24) is 4.98 Å². The van der Waals surface area contributed by atoms with Crippen LogP contribution in [-0.2, 0) is 0 Å². The highest BCUT2D eigenvalue weighted by Crippen LogP contribution is 2.33. The summed E-state index contributed by atoms with van der Waals surface area (Å²) in [5, 5.41) is 1.37. The van der Waals surface area contributed by atoms with E-state index < -0.39 is 0 Å². The number of nitrogens with zero attached hydrogens (tertiary/aromatic N) is 1. The summed E-state index contributed by atoms with van der Waals surface area (Å²) in [5.41, 5.74) is 3.20. The van der Waals surface area contributed by atoms with Crippen molar-refractivity contribution in [2.24, 2.45) is 0 Å². The van der Waals surface area contributed by atoms with Gasteiger partial charge < -0.3 is 0 Å². The second-order valence-corrected chi connectivity index (χ2v) is 5.66. The molecule has 0 atom stereocenters. The Morgan fingerprint density at radius 1 is 1.05 bits per heavy atom. The molecule has 0 unspecified atom stereocenters. The summed E-state index contributed by atoms with van der Waals surface area (Å²) < 4.78 is 0.957. The molecule has 0 N–H and O–H groups in total. The first-order chi connectivity index (χ1) is 9.69. The Morgan fingerprint density at radius 2 is 1.85 bits per heavy atom. The smallest absolute Gasteiger partial charge is 0.150 e. The van der Waals surface area contributed by atoms with Crippen LogP contribution in [0.25, 0.3) is 22.0 Å². The molecular weight excluding hydrogens is 338 g/mol. The molecule has 1 heterocycles. The first-order valence-corrected chi connectivity index (χ1v) is 7.16. The fourth-order valence-electron chi connectivity index (χ4n) is 2.23. The zero-order chi connectivity index (χ0) is 14.1. The number of pyridine rings is 1. The Balaban J connectivity index is 2.40. The van der Waals surface area contributed by atoms with Crippen molar-refractivity contribution in [2.75, 3.05) is 0 Å². The van der Waals surface area contributed by atoms with Gasteiger partial charge in [0.1, 0.15) is 5.15 Å². The van der Waals surface area contributed by atoms with Crippen LogP contribution in [0.5, 0.6) is 0 Å². The molecule has 0 fully saturated rings.